The first-order valence-electron chi connectivity index (χ1n) is 11.8. The second-order valence-electron chi connectivity index (χ2n) is 9.40. The number of β-amino-alcohol motifs (C(OH)–C–C–N with tert-alkyl or cyclic N) is 1. The number of aryl methyl sites for hydroxylation is 1. The molecule has 184 valence electrons. The summed E-state index contributed by atoms with van der Waals surface area (Å²) in [4.78, 5) is 13.1. The van der Waals surface area contributed by atoms with Crippen molar-refractivity contribution in [3.63, 3.8) is 0 Å². The van der Waals surface area contributed by atoms with Gasteiger partial charge in [0.05, 0.1) is 34.3 Å². The van der Waals surface area contributed by atoms with Crippen LogP contribution in [0.15, 0.2) is 12.4 Å². The molecule has 0 radical (unpaired) electrons. The van der Waals surface area contributed by atoms with Gasteiger partial charge >= 0.3 is 0 Å². The van der Waals surface area contributed by atoms with Crippen molar-refractivity contribution < 1.29 is 9.84 Å². The van der Waals surface area contributed by atoms with Crippen LogP contribution in [0.3, 0.4) is 0 Å². The van der Waals surface area contributed by atoms with Crippen molar-refractivity contribution in [2.45, 2.75) is 45.5 Å². The van der Waals surface area contributed by atoms with Gasteiger partial charge in [0, 0.05) is 49.9 Å². The van der Waals surface area contributed by atoms with Gasteiger partial charge in [0.1, 0.15) is 30.1 Å². The molecule has 2 atom stereocenters. The van der Waals surface area contributed by atoms with E-state index in [0.29, 0.717) is 46.9 Å². The fourth-order valence-corrected chi connectivity index (χ4v) is 5.48. The summed E-state index contributed by atoms with van der Waals surface area (Å²) in [5.74, 6) is 1.07. The maximum atomic E-state index is 9.97. The van der Waals surface area contributed by atoms with Gasteiger partial charge in [-0.3, -0.25) is 9.80 Å². The highest BCUT2D eigenvalue weighted by Crippen LogP contribution is 2.41. The minimum absolute atomic E-state index is 0.0871. The number of halogens is 1. The second kappa shape index (κ2) is 9.24. The molecule has 3 aromatic rings. The third-order valence-electron chi connectivity index (χ3n) is 7.02. The lowest BCUT2D eigenvalue weighted by Crippen LogP contribution is -2.60. The molecule has 1 fully saturated rings. The Morgan fingerprint density at radius 2 is 2.11 bits per heavy atom. The molecule has 2 aliphatic rings. The maximum Gasteiger partial charge on any atom is 0.164 e. The number of nitrogen functional groups attached to an aromatic ring is 1. The summed E-state index contributed by atoms with van der Waals surface area (Å²) in [7, 11) is 0. The van der Waals surface area contributed by atoms with Crippen LogP contribution >= 0.6 is 11.6 Å². The highest BCUT2D eigenvalue weighted by Gasteiger charge is 2.36. The van der Waals surface area contributed by atoms with Gasteiger partial charge in [-0.1, -0.05) is 11.6 Å². The van der Waals surface area contributed by atoms with Crippen LogP contribution in [0.2, 0.25) is 5.02 Å². The summed E-state index contributed by atoms with van der Waals surface area (Å²) in [6.45, 7) is 9.83. The number of anilines is 1. The number of ether oxygens (including phenoxy) is 1. The molecule has 35 heavy (non-hydrogen) atoms. The Morgan fingerprint density at radius 1 is 1.34 bits per heavy atom. The van der Waals surface area contributed by atoms with E-state index in [4.69, 9.17) is 27.2 Å². The van der Waals surface area contributed by atoms with E-state index in [9.17, 15) is 10.4 Å². The number of benzene rings is 1. The first-order valence-corrected chi connectivity index (χ1v) is 12.1. The molecule has 2 aliphatic heterocycles. The molecule has 11 heteroatoms. The number of nitrogens with two attached hydrogens (primary N) is 1. The third kappa shape index (κ3) is 4.08. The zero-order valence-corrected chi connectivity index (χ0v) is 20.8. The van der Waals surface area contributed by atoms with E-state index in [2.05, 4.69) is 25.8 Å². The lowest BCUT2D eigenvalue weighted by Gasteiger charge is -2.45. The van der Waals surface area contributed by atoms with Crippen LogP contribution in [0.5, 0.6) is 5.75 Å². The van der Waals surface area contributed by atoms with Gasteiger partial charge in [0.25, 0.3) is 0 Å². The Bertz CT molecular complexity index is 1310. The average molecular weight is 497 g/mol. The van der Waals surface area contributed by atoms with Crippen LogP contribution in [-0.4, -0.2) is 79.6 Å². The molecule has 0 saturated carbocycles. The van der Waals surface area contributed by atoms with Gasteiger partial charge in [-0.15, -0.1) is 0 Å². The van der Waals surface area contributed by atoms with Crippen LogP contribution in [0.1, 0.15) is 42.3 Å². The summed E-state index contributed by atoms with van der Waals surface area (Å²) in [6, 6.07) is 4.17. The van der Waals surface area contributed by atoms with Crippen molar-refractivity contribution in [3.8, 4) is 11.8 Å². The number of rotatable bonds is 5. The molecule has 0 aliphatic carbocycles. The summed E-state index contributed by atoms with van der Waals surface area (Å²) in [5.41, 5.74) is 9.57. The van der Waals surface area contributed by atoms with Gasteiger partial charge in [-0.2, -0.15) is 10.4 Å². The number of likely N-dealkylation sites (tertiary alicyclic amines) is 1. The van der Waals surface area contributed by atoms with Crippen molar-refractivity contribution in [2.24, 2.45) is 0 Å². The van der Waals surface area contributed by atoms with Crippen LogP contribution < -0.4 is 10.5 Å². The van der Waals surface area contributed by atoms with E-state index in [1.807, 2.05) is 31.5 Å². The van der Waals surface area contributed by atoms with Crippen LogP contribution in [0, 0.1) is 18.3 Å². The number of aliphatic hydroxyl groups excluding tert-OH is 1. The van der Waals surface area contributed by atoms with Crippen molar-refractivity contribution in [1.29, 1.82) is 5.26 Å². The first kappa shape index (κ1) is 23.8. The maximum absolute atomic E-state index is 9.97. The molecule has 2 unspecified atom stereocenters. The van der Waals surface area contributed by atoms with Crippen LogP contribution in [-0.2, 0) is 6.54 Å². The van der Waals surface area contributed by atoms with E-state index < -0.39 is 0 Å². The molecule has 0 bridgehead atoms. The molecule has 0 spiro atoms. The van der Waals surface area contributed by atoms with Gasteiger partial charge in [-0.05, 0) is 26.8 Å². The molecule has 1 aromatic carbocycles. The predicted octanol–water partition coefficient (Wildman–Crippen LogP) is 2.11. The summed E-state index contributed by atoms with van der Waals surface area (Å²) >= 11 is 6.67. The van der Waals surface area contributed by atoms with E-state index in [0.717, 1.165) is 41.8 Å². The van der Waals surface area contributed by atoms with E-state index in [1.54, 1.807) is 0 Å². The molecule has 10 nitrogen and oxygen atoms in total. The normalized spacial score (nSPS) is 20.1. The standard InChI is InChI=1S/C24H29ClN8O2/c1-13-8-32(16-9-31(10-16)4-5-34)11-19-18(7-26)20(25)6-17(22(19)35-13)15(3)33-24-21(14(2)30-33)23(27)28-12-29-24/h6,12-13,15-16,34H,4-5,8-11H2,1-3H3,(H2,27,28,29). The monoisotopic (exact) mass is 496 g/mol. The number of aromatic nitrogens is 4. The molecule has 5 rings (SSSR count). The number of aliphatic hydroxyl groups is 1. The SMILES string of the molecule is Cc1nn(C(C)c2cc(Cl)c(C#N)c3c2OC(C)CN(C2CN(CCO)C2)C3)c2ncnc(N)c12. The Balaban J connectivity index is 1.58. The van der Waals surface area contributed by atoms with E-state index in [1.165, 1.54) is 6.33 Å². The topological polar surface area (TPSA) is 129 Å². The zero-order valence-electron chi connectivity index (χ0n) is 20.1. The average Bonchev–Trinajstić information content (AvgIpc) is 3.04. The minimum Gasteiger partial charge on any atom is -0.489 e. The van der Waals surface area contributed by atoms with E-state index in [-0.39, 0.29) is 18.8 Å². The molecule has 0 amide bonds. The van der Waals surface area contributed by atoms with Gasteiger partial charge < -0.3 is 15.6 Å². The fourth-order valence-electron chi connectivity index (χ4n) is 5.21. The fraction of sp³-hybridized carbons (Fsp3) is 0.500. The number of fused-ring (bicyclic) bond motifs is 2. The highest BCUT2D eigenvalue weighted by molar-refractivity contribution is 6.32. The molecule has 3 N–H and O–H groups in total. The molecular formula is C24H29ClN8O2. The van der Waals surface area contributed by atoms with E-state index >= 15 is 0 Å². The van der Waals surface area contributed by atoms with Crippen molar-refractivity contribution >= 4 is 28.5 Å². The second-order valence-corrected chi connectivity index (χ2v) is 9.81. The van der Waals surface area contributed by atoms with Crippen LogP contribution in [0.4, 0.5) is 5.82 Å². The third-order valence-corrected chi connectivity index (χ3v) is 7.32. The summed E-state index contributed by atoms with van der Waals surface area (Å²) in [5, 5.41) is 25.0. The quantitative estimate of drug-likeness (QED) is 0.545. The number of nitrogens with zero attached hydrogens (tertiary/aromatic N) is 7. The predicted molar refractivity (Wildman–Crippen MR) is 132 cm³/mol. The minimum atomic E-state index is -0.276. The van der Waals surface area contributed by atoms with Crippen molar-refractivity contribution in [2.75, 3.05) is 38.5 Å². The molecule has 2 aromatic heterocycles. The lowest BCUT2D eigenvalue weighted by atomic mass is 9.97. The molecule has 4 heterocycles. The van der Waals surface area contributed by atoms with Crippen molar-refractivity contribution in [3.05, 3.63) is 39.8 Å². The largest absolute Gasteiger partial charge is 0.489 e. The Hall–Kier alpha value is -2.97. The first-order chi connectivity index (χ1) is 16.8. The number of hydrogen-bond acceptors (Lipinski definition) is 9. The van der Waals surface area contributed by atoms with Gasteiger partial charge in [0.2, 0.25) is 0 Å². The Labute approximate surface area is 208 Å². The smallest absolute Gasteiger partial charge is 0.164 e. The summed E-state index contributed by atoms with van der Waals surface area (Å²) in [6.07, 6.45) is 1.35. The van der Waals surface area contributed by atoms with Gasteiger partial charge in [0.15, 0.2) is 5.65 Å². The number of hydrogen-bond donors (Lipinski definition) is 2. The molecular weight excluding hydrogens is 468 g/mol. The highest BCUT2D eigenvalue weighted by atomic mass is 35.5. The number of nitriles is 1. The molecule has 1 saturated heterocycles. The summed E-state index contributed by atoms with van der Waals surface area (Å²) < 4.78 is 8.31. The van der Waals surface area contributed by atoms with Gasteiger partial charge in [-0.25, -0.2) is 14.6 Å². The van der Waals surface area contributed by atoms with Crippen molar-refractivity contribution in [1.82, 2.24) is 29.5 Å². The van der Waals surface area contributed by atoms with Crippen LogP contribution in [0.25, 0.3) is 11.0 Å². The zero-order chi connectivity index (χ0) is 24.9. The Morgan fingerprint density at radius 3 is 2.83 bits per heavy atom. The Kier molecular flexibility index (Phi) is 6.27. The lowest BCUT2D eigenvalue weighted by molar-refractivity contribution is 0.00866.